The number of aromatic nitrogens is 4. The van der Waals surface area contributed by atoms with Crippen molar-refractivity contribution in [3.63, 3.8) is 0 Å². The van der Waals surface area contributed by atoms with Gasteiger partial charge in [0.15, 0.2) is 11.5 Å². The second-order valence-electron chi connectivity index (χ2n) is 9.03. The number of allylic oxidation sites excluding steroid dienone is 1. The second kappa shape index (κ2) is 10.7. The number of carbonyl (C=O) groups is 1. The zero-order chi connectivity index (χ0) is 26.8. The van der Waals surface area contributed by atoms with Crippen molar-refractivity contribution >= 4 is 33.5 Å². The lowest BCUT2D eigenvalue weighted by Gasteiger charge is -2.29. The average molecular weight is 575 g/mol. The van der Waals surface area contributed by atoms with Gasteiger partial charge in [0.1, 0.15) is 12.6 Å². The Morgan fingerprint density at radius 1 is 1.08 bits per heavy atom. The Morgan fingerprint density at radius 2 is 1.82 bits per heavy atom. The molecule has 0 aliphatic carbocycles. The third kappa shape index (κ3) is 4.87. The van der Waals surface area contributed by atoms with Gasteiger partial charge < -0.3 is 20.1 Å². The molecule has 1 aliphatic heterocycles. The molecule has 1 aliphatic rings. The van der Waals surface area contributed by atoms with Crippen LogP contribution in [0.1, 0.15) is 35.2 Å². The summed E-state index contributed by atoms with van der Waals surface area (Å²) >= 11 is 3.67. The number of halogens is 1. The number of nitrogens with zero attached hydrogens (tertiary/aromatic N) is 4. The van der Waals surface area contributed by atoms with Gasteiger partial charge in [-0.25, -0.2) is 0 Å². The van der Waals surface area contributed by atoms with Crippen LogP contribution in [-0.2, 0) is 11.4 Å². The van der Waals surface area contributed by atoms with Crippen molar-refractivity contribution in [1.29, 1.82) is 0 Å². The Labute approximate surface area is 229 Å². The highest BCUT2D eigenvalue weighted by atomic mass is 79.9. The summed E-state index contributed by atoms with van der Waals surface area (Å²) in [7, 11) is 1.59. The molecular formula is C28H27BrN6O3. The highest BCUT2D eigenvalue weighted by Crippen LogP contribution is 2.43. The van der Waals surface area contributed by atoms with Gasteiger partial charge in [-0.3, -0.25) is 4.79 Å². The fourth-order valence-electron chi connectivity index (χ4n) is 4.48. The fraction of sp³-hybridized carbons (Fsp3) is 0.214. The number of benzene rings is 3. The second-order valence-corrected chi connectivity index (χ2v) is 9.89. The molecule has 1 unspecified atom stereocenters. The summed E-state index contributed by atoms with van der Waals surface area (Å²) in [4.78, 5) is 13.7. The predicted octanol–water partition coefficient (Wildman–Crippen LogP) is 5.57. The standard InChI is InChI=1S/C28H27BrN6O3/c1-16-9-5-7-11-19(16)15-38-26-21(29)13-20(14-23(26)37-4)25-24(18(3)30-28-32-33-34-35(25)28)27(36)31-22-12-8-6-10-17(22)2/h5-14,25H,15H2,1-4H3,(H,31,36)(H,30,32,34). The van der Waals surface area contributed by atoms with E-state index in [9.17, 15) is 4.79 Å². The average Bonchev–Trinajstić information content (AvgIpc) is 3.37. The summed E-state index contributed by atoms with van der Waals surface area (Å²) in [5.41, 5.74) is 5.80. The van der Waals surface area contributed by atoms with Crippen molar-refractivity contribution in [2.75, 3.05) is 17.7 Å². The van der Waals surface area contributed by atoms with Crippen LogP contribution in [0.25, 0.3) is 0 Å². The van der Waals surface area contributed by atoms with Gasteiger partial charge >= 0.3 is 0 Å². The minimum Gasteiger partial charge on any atom is -0.493 e. The lowest BCUT2D eigenvalue weighted by Crippen LogP contribution is -2.31. The topological polar surface area (TPSA) is 103 Å². The SMILES string of the molecule is COc1cc(C2C(C(=O)Nc3ccccc3C)=C(C)Nc3nnnn32)cc(Br)c1OCc1ccccc1C. The third-order valence-electron chi connectivity index (χ3n) is 6.55. The Bertz CT molecular complexity index is 1550. The van der Waals surface area contributed by atoms with Crippen LogP contribution in [0.3, 0.4) is 0 Å². The smallest absolute Gasteiger partial charge is 0.255 e. The maximum Gasteiger partial charge on any atom is 0.255 e. The number of para-hydroxylation sites is 1. The molecule has 38 heavy (non-hydrogen) atoms. The molecule has 0 spiro atoms. The van der Waals surface area contributed by atoms with Gasteiger partial charge in [-0.05, 0) is 87.6 Å². The van der Waals surface area contributed by atoms with Crippen molar-refractivity contribution in [2.45, 2.75) is 33.4 Å². The first-order valence-corrected chi connectivity index (χ1v) is 12.8. The van der Waals surface area contributed by atoms with E-state index >= 15 is 0 Å². The molecule has 1 amide bonds. The quantitative estimate of drug-likeness (QED) is 0.297. The first kappa shape index (κ1) is 25.5. The summed E-state index contributed by atoms with van der Waals surface area (Å²) in [6.45, 7) is 6.22. The zero-order valence-electron chi connectivity index (χ0n) is 21.4. The fourth-order valence-corrected chi connectivity index (χ4v) is 5.05. The third-order valence-corrected chi connectivity index (χ3v) is 7.14. The molecule has 0 fully saturated rings. The van der Waals surface area contributed by atoms with Gasteiger partial charge in [0.05, 0.1) is 17.2 Å². The van der Waals surface area contributed by atoms with Crippen molar-refractivity contribution in [3.05, 3.63) is 98.7 Å². The van der Waals surface area contributed by atoms with Crippen LogP contribution in [-0.4, -0.2) is 33.2 Å². The van der Waals surface area contributed by atoms with E-state index in [1.165, 1.54) is 0 Å². The molecule has 4 aromatic rings. The predicted molar refractivity (Wildman–Crippen MR) is 148 cm³/mol. The lowest BCUT2D eigenvalue weighted by atomic mass is 9.94. The van der Waals surface area contributed by atoms with Crippen LogP contribution in [0.2, 0.25) is 0 Å². The first-order valence-electron chi connectivity index (χ1n) is 12.0. The number of ether oxygens (including phenoxy) is 2. The molecule has 194 valence electrons. The molecular weight excluding hydrogens is 548 g/mol. The molecule has 3 aromatic carbocycles. The van der Waals surface area contributed by atoms with Crippen LogP contribution in [0.15, 0.2) is 76.4 Å². The van der Waals surface area contributed by atoms with Crippen molar-refractivity contribution in [3.8, 4) is 11.5 Å². The number of tetrazole rings is 1. The molecule has 0 saturated heterocycles. The van der Waals surface area contributed by atoms with Gasteiger partial charge in [-0.2, -0.15) is 4.68 Å². The molecule has 1 aromatic heterocycles. The molecule has 2 heterocycles. The Morgan fingerprint density at radius 3 is 2.55 bits per heavy atom. The molecule has 10 heteroatoms. The lowest BCUT2D eigenvalue weighted by molar-refractivity contribution is -0.113. The number of hydrogen-bond donors (Lipinski definition) is 2. The summed E-state index contributed by atoms with van der Waals surface area (Å²) in [6.07, 6.45) is 0. The number of fused-ring (bicyclic) bond motifs is 1. The Kier molecular flexibility index (Phi) is 7.15. The molecule has 0 bridgehead atoms. The van der Waals surface area contributed by atoms with Gasteiger partial charge in [-0.1, -0.05) is 47.6 Å². The summed E-state index contributed by atoms with van der Waals surface area (Å²) < 4.78 is 14.2. The molecule has 5 rings (SSSR count). The monoisotopic (exact) mass is 574 g/mol. The normalized spacial score (nSPS) is 14.5. The zero-order valence-corrected chi connectivity index (χ0v) is 23.0. The van der Waals surface area contributed by atoms with E-state index in [0.29, 0.717) is 39.8 Å². The van der Waals surface area contributed by atoms with Crippen LogP contribution in [0, 0.1) is 13.8 Å². The van der Waals surface area contributed by atoms with Gasteiger partial charge in [-0.15, -0.1) is 0 Å². The molecule has 1 atom stereocenters. The number of rotatable bonds is 7. The van der Waals surface area contributed by atoms with E-state index < -0.39 is 6.04 Å². The molecule has 0 radical (unpaired) electrons. The minimum atomic E-state index is -0.610. The number of carbonyl (C=O) groups excluding carboxylic acids is 1. The van der Waals surface area contributed by atoms with Crippen LogP contribution in [0.4, 0.5) is 11.6 Å². The van der Waals surface area contributed by atoms with Crippen molar-refractivity contribution in [1.82, 2.24) is 20.2 Å². The Hall–Kier alpha value is -4.18. The van der Waals surface area contributed by atoms with E-state index in [4.69, 9.17) is 9.47 Å². The van der Waals surface area contributed by atoms with Crippen LogP contribution >= 0.6 is 15.9 Å². The first-order chi connectivity index (χ1) is 18.4. The number of anilines is 2. The van der Waals surface area contributed by atoms with Crippen LogP contribution in [0.5, 0.6) is 11.5 Å². The van der Waals surface area contributed by atoms with Crippen molar-refractivity contribution < 1.29 is 14.3 Å². The molecule has 9 nitrogen and oxygen atoms in total. The summed E-state index contributed by atoms with van der Waals surface area (Å²) in [5, 5.41) is 18.3. The van der Waals surface area contributed by atoms with Gasteiger partial charge in [0, 0.05) is 11.4 Å². The number of nitrogens with one attached hydrogen (secondary N) is 2. The minimum absolute atomic E-state index is 0.259. The number of amides is 1. The Balaban J connectivity index is 1.53. The van der Waals surface area contributed by atoms with Crippen LogP contribution < -0.4 is 20.1 Å². The molecule has 0 saturated carbocycles. The van der Waals surface area contributed by atoms with E-state index in [1.807, 2.05) is 81.4 Å². The van der Waals surface area contributed by atoms with Gasteiger partial charge in [0.2, 0.25) is 5.95 Å². The molecule has 2 N–H and O–H groups in total. The number of methoxy groups -OCH3 is 1. The van der Waals surface area contributed by atoms with E-state index in [-0.39, 0.29) is 5.91 Å². The maximum atomic E-state index is 13.7. The van der Waals surface area contributed by atoms with Gasteiger partial charge in [0.25, 0.3) is 5.91 Å². The van der Waals surface area contributed by atoms with E-state index in [1.54, 1.807) is 11.8 Å². The van der Waals surface area contributed by atoms with Crippen molar-refractivity contribution in [2.24, 2.45) is 0 Å². The summed E-state index contributed by atoms with van der Waals surface area (Å²) in [6, 6.07) is 18.9. The van der Waals surface area contributed by atoms with E-state index in [2.05, 4.69) is 42.1 Å². The highest BCUT2D eigenvalue weighted by molar-refractivity contribution is 9.10. The number of aryl methyl sites for hydroxylation is 2. The number of hydrogen-bond acceptors (Lipinski definition) is 7. The summed E-state index contributed by atoms with van der Waals surface area (Å²) in [5.74, 6) is 1.27. The maximum absolute atomic E-state index is 13.7. The largest absolute Gasteiger partial charge is 0.493 e. The van der Waals surface area contributed by atoms with E-state index in [0.717, 1.165) is 27.9 Å². The highest BCUT2D eigenvalue weighted by Gasteiger charge is 2.35.